The molecule has 0 bridgehead atoms. The fraction of sp³-hybridized carbons (Fsp3) is 0.417. The Bertz CT molecular complexity index is 426. The third-order valence-electron chi connectivity index (χ3n) is 2.66. The Labute approximate surface area is 94.7 Å². The average molecular weight is 221 g/mol. The molecule has 0 spiro atoms. The molecule has 15 heavy (non-hydrogen) atoms. The Morgan fingerprint density at radius 1 is 1.33 bits per heavy atom. The molecule has 1 amide bonds. The summed E-state index contributed by atoms with van der Waals surface area (Å²) in [7, 11) is 1.85. The van der Waals surface area contributed by atoms with Crippen LogP contribution in [0.1, 0.15) is 19.4 Å². The number of rotatable bonds is 0. The van der Waals surface area contributed by atoms with E-state index in [1.165, 1.54) is 10.5 Å². The van der Waals surface area contributed by atoms with Crippen molar-refractivity contribution in [1.29, 1.82) is 0 Å². The van der Waals surface area contributed by atoms with Crippen molar-refractivity contribution in [3.8, 4) is 0 Å². The second-order valence-corrected chi connectivity index (χ2v) is 6.11. The highest BCUT2D eigenvalue weighted by Gasteiger charge is 2.37. The lowest BCUT2D eigenvalue weighted by atomic mass is 10.1. The molecule has 0 saturated heterocycles. The zero-order chi connectivity index (χ0) is 11.2. The van der Waals surface area contributed by atoms with Crippen molar-refractivity contribution < 1.29 is 4.79 Å². The van der Waals surface area contributed by atoms with Gasteiger partial charge in [0.25, 0.3) is 0 Å². The smallest absolute Gasteiger partial charge is 0.242 e. The number of anilines is 1. The molecule has 1 aromatic rings. The number of hydrogen-bond donors (Lipinski definition) is 0. The van der Waals surface area contributed by atoms with Gasteiger partial charge in [0.2, 0.25) is 5.91 Å². The number of carbonyl (C=O) groups excluding carboxylic acids is 1. The van der Waals surface area contributed by atoms with Crippen LogP contribution in [-0.4, -0.2) is 17.7 Å². The highest BCUT2D eigenvalue weighted by atomic mass is 32.2. The zero-order valence-corrected chi connectivity index (χ0v) is 10.3. The van der Waals surface area contributed by atoms with Gasteiger partial charge in [-0.05, 0) is 38.5 Å². The Balaban J connectivity index is 2.55. The normalized spacial score (nSPS) is 18.9. The lowest BCUT2D eigenvalue weighted by molar-refractivity contribution is -0.120. The van der Waals surface area contributed by atoms with Gasteiger partial charge in [0.15, 0.2) is 0 Å². The van der Waals surface area contributed by atoms with E-state index in [2.05, 4.69) is 13.0 Å². The van der Waals surface area contributed by atoms with Gasteiger partial charge in [-0.2, -0.15) is 0 Å². The van der Waals surface area contributed by atoms with Crippen LogP contribution in [0.25, 0.3) is 0 Å². The maximum absolute atomic E-state index is 12.0. The summed E-state index contributed by atoms with van der Waals surface area (Å²) in [5, 5.41) is 0. The zero-order valence-electron chi connectivity index (χ0n) is 9.50. The van der Waals surface area contributed by atoms with Crippen molar-refractivity contribution >= 4 is 23.4 Å². The Kier molecular flexibility index (Phi) is 2.30. The van der Waals surface area contributed by atoms with E-state index in [1.807, 2.05) is 33.0 Å². The molecular weight excluding hydrogens is 206 g/mol. The molecule has 0 saturated carbocycles. The second kappa shape index (κ2) is 3.27. The summed E-state index contributed by atoms with van der Waals surface area (Å²) in [6, 6.07) is 6.21. The Morgan fingerprint density at radius 3 is 2.67 bits per heavy atom. The highest BCUT2D eigenvalue weighted by Crippen LogP contribution is 2.44. The molecule has 0 unspecified atom stereocenters. The molecular formula is C12H15NOS. The van der Waals surface area contributed by atoms with Gasteiger partial charge in [-0.3, -0.25) is 4.79 Å². The Morgan fingerprint density at radius 2 is 2.00 bits per heavy atom. The van der Waals surface area contributed by atoms with Gasteiger partial charge < -0.3 is 4.90 Å². The van der Waals surface area contributed by atoms with E-state index in [0.29, 0.717) is 0 Å². The van der Waals surface area contributed by atoms with Crippen molar-refractivity contribution in [1.82, 2.24) is 0 Å². The first-order valence-electron chi connectivity index (χ1n) is 4.99. The molecule has 0 aliphatic carbocycles. The van der Waals surface area contributed by atoms with Gasteiger partial charge in [0.05, 0.1) is 10.4 Å². The largest absolute Gasteiger partial charge is 0.313 e. The lowest BCUT2D eigenvalue weighted by Crippen LogP contribution is -2.44. The van der Waals surface area contributed by atoms with E-state index >= 15 is 0 Å². The van der Waals surface area contributed by atoms with Crippen LogP contribution in [-0.2, 0) is 4.79 Å². The summed E-state index contributed by atoms with van der Waals surface area (Å²) in [5.74, 6) is 0.170. The maximum atomic E-state index is 12.0. The summed E-state index contributed by atoms with van der Waals surface area (Å²) in [6.45, 7) is 6.02. The van der Waals surface area contributed by atoms with Gasteiger partial charge in [-0.15, -0.1) is 11.8 Å². The van der Waals surface area contributed by atoms with E-state index in [4.69, 9.17) is 0 Å². The van der Waals surface area contributed by atoms with Crippen LogP contribution in [0, 0.1) is 6.92 Å². The topological polar surface area (TPSA) is 20.3 Å². The number of hydrogen-bond acceptors (Lipinski definition) is 2. The quantitative estimate of drug-likeness (QED) is 0.671. The standard InChI is InChI=1S/C12H15NOS/c1-8-5-6-9-10(7-8)15-12(2,3)11(14)13(9)4/h5-7H,1-4H3. The van der Waals surface area contributed by atoms with Crippen LogP contribution < -0.4 is 4.90 Å². The average Bonchev–Trinajstić information content (AvgIpc) is 2.13. The summed E-state index contributed by atoms with van der Waals surface area (Å²) in [5.41, 5.74) is 2.26. The molecule has 0 atom stereocenters. The highest BCUT2D eigenvalue weighted by molar-refractivity contribution is 8.01. The third-order valence-corrected chi connectivity index (χ3v) is 3.89. The Hall–Kier alpha value is -0.960. The van der Waals surface area contributed by atoms with Crippen LogP contribution in [0.4, 0.5) is 5.69 Å². The molecule has 1 aliphatic rings. The molecule has 2 rings (SSSR count). The van der Waals surface area contributed by atoms with E-state index in [1.54, 1.807) is 16.7 Å². The fourth-order valence-corrected chi connectivity index (χ4v) is 3.14. The fourth-order valence-electron chi connectivity index (χ4n) is 1.81. The molecule has 0 aromatic heterocycles. The van der Waals surface area contributed by atoms with Gasteiger partial charge in [-0.25, -0.2) is 0 Å². The van der Waals surface area contributed by atoms with E-state index < -0.39 is 0 Å². The first kappa shape index (κ1) is 10.6. The van der Waals surface area contributed by atoms with Crippen molar-refractivity contribution in [2.45, 2.75) is 30.4 Å². The van der Waals surface area contributed by atoms with Crippen molar-refractivity contribution in [3.05, 3.63) is 23.8 Å². The monoisotopic (exact) mass is 221 g/mol. The minimum absolute atomic E-state index is 0.170. The number of aryl methyl sites for hydroxylation is 1. The molecule has 0 radical (unpaired) electrons. The molecule has 1 aromatic carbocycles. The van der Waals surface area contributed by atoms with E-state index in [0.717, 1.165) is 5.69 Å². The predicted molar refractivity (Wildman–Crippen MR) is 64.5 cm³/mol. The predicted octanol–water partition coefficient (Wildman–Crippen LogP) is 2.84. The van der Waals surface area contributed by atoms with Crippen molar-refractivity contribution in [2.75, 3.05) is 11.9 Å². The first-order chi connectivity index (χ1) is 6.92. The number of fused-ring (bicyclic) bond motifs is 1. The molecule has 0 fully saturated rings. The number of amides is 1. The van der Waals surface area contributed by atoms with Crippen molar-refractivity contribution in [2.24, 2.45) is 0 Å². The number of carbonyl (C=O) groups is 1. The summed E-state index contributed by atoms with van der Waals surface area (Å²) in [6.07, 6.45) is 0. The molecule has 1 aliphatic heterocycles. The molecule has 80 valence electrons. The maximum Gasteiger partial charge on any atom is 0.242 e. The summed E-state index contributed by atoms with van der Waals surface area (Å²) in [4.78, 5) is 15.0. The van der Waals surface area contributed by atoms with Crippen LogP contribution >= 0.6 is 11.8 Å². The van der Waals surface area contributed by atoms with Gasteiger partial charge in [-0.1, -0.05) is 6.07 Å². The van der Waals surface area contributed by atoms with E-state index in [9.17, 15) is 4.79 Å². The van der Waals surface area contributed by atoms with Gasteiger partial charge in [0, 0.05) is 11.9 Å². The van der Waals surface area contributed by atoms with E-state index in [-0.39, 0.29) is 10.7 Å². The number of benzene rings is 1. The lowest BCUT2D eigenvalue weighted by Gasteiger charge is -2.35. The SMILES string of the molecule is Cc1ccc2c(c1)SC(C)(C)C(=O)N2C. The summed E-state index contributed by atoms with van der Waals surface area (Å²) < 4.78 is -0.352. The third kappa shape index (κ3) is 1.65. The first-order valence-corrected chi connectivity index (χ1v) is 5.81. The van der Waals surface area contributed by atoms with Gasteiger partial charge >= 0.3 is 0 Å². The molecule has 0 N–H and O–H groups in total. The second-order valence-electron chi connectivity index (χ2n) is 4.45. The van der Waals surface area contributed by atoms with Crippen LogP contribution in [0.2, 0.25) is 0 Å². The van der Waals surface area contributed by atoms with Crippen LogP contribution in [0.15, 0.2) is 23.1 Å². The molecule has 3 heteroatoms. The summed E-state index contributed by atoms with van der Waals surface area (Å²) >= 11 is 1.65. The minimum Gasteiger partial charge on any atom is -0.313 e. The molecule has 1 heterocycles. The number of nitrogens with zero attached hydrogens (tertiary/aromatic N) is 1. The van der Waals surface area contributed by atoms with Gasteiger partial charge in [0.1, 0.15) is 0 Å². The minimum atomic E-state index is -0.352. The molecule has 2 nitrogen and oxygen atoms in total. The number of thioether (sulfide) groups is 1. The van der Waals surface area contributed by atoms with Crippen LogP contribution in [0.5, 0.6) is 0 Å². The van der Waals surface area contributed by atoms with Crippen molar-refractivity contribution in [3.63, 3.8) is 0 Å². The van der Waals surface area contributed by atoms with Crippen LogP contribution in [0.3, 0.4) is 0 Å².